The number of carbonyl (C=O) groups is 2. The highest BCUT2D eigenvalue weighted by Gasteiger charge is 2.42. The normalized spacial score (nSPS) is 18.3. The average molecular weight is 473 g/mol. The number of sulfonamides is 2. The summed E-state index contributed by atoms with van der Waals surface area (Å²) in [5.41, 5.74) is 0.116. The van der Waals surface area contributed by atoms with Crippen molar-refractivity contribution in [1.29, 1.82) is 0 Å². The molecule has 0 bridgehead atoms. The van der Waals surface area contributed by atoms with E-state index in [-0.39, 0.29) is 32.6 Å². The topological polar surface area (TPSA) is 127 Å². The quantitative estimate of drug-likeness (QED) is 0.661. The van der Waals surface area contributed by atoms with E-state index >= 15 is 0 Å². The first-order valence-electron chi connectivity index (χ1n) is 8.54. The zero-order valence-corrected chi connectivity index (χ0v) is 18.2. The van der Waals surface area contributed by atoms with E-state index in [1.54, 1.807) is 0 Å². The number of anilines is 2. The zero-order chi connectivity index (χ0) is 22.3. The molecule has 1 aliphatic heterocycles. The number of nitrogens with one attached hydrogen (secondary N) is 1. The number of benzene rings is 2. The smallest absolute Gasteiger partial charge is 0.337 e. The number of ether oxygens (including phenoxy) is 1. The summed E-state index contributed by atoms with van der Waals surface area (Å²) in [4.78, 5) is 23.6. The first kappa shape index (κ1) is 22.1. The molecule has 0 aliphatic carbocycles. The summed E-state index contributed by atoms with van der Waals surface area (Å²) < 4.78 is 57.3. The van der Waals surface area contributed by atoms with Crippen LogP contribution in [0.25, 0.3) is 0 Å². The van der Waals surface area contributed by atoms with Gasteiger partial charge in [0.15, 0.2) is 0 Å². The van der Waals surface area contributed by atoms with Crippen molar-refractivity contribution < 1.29 is 31.2 Å². The summed E-state index contributed by atoms with van der Waals surface area (Å²) in [5.74, 6) is -2.22. The Bertz CT molecular complexity index is 1230. The van der Waals surface area contributed by atoms with Crippen LogP contribution in [0.3, 0.4) is 0 Å². The van der Waals surface area contributed by atoms with Crippen molar-refractivity contribution >= 4 is 54.9 Å². The van der Waals surface area contributed by atoms with Crippen LogP contribution in [-0.2, 0) is 29.6 Å². The third kappa shape index (κ3) is 4.13. The molecule has 1 N–H and O–H groups in total. The highest BCUT2D eigenvalue weighted by atomic mass is 35.5. The van der Waals surface area contributed by atoms with Crippen LogP contribution in [0.1, 0.15) is 17.3 Å². The number of hydrogen-bond acceptors (Lipinski definition) is 7. The summed E-state index contributed by atoms with van der Waals surface area (Å²) in [6, 6.07) is 8.76. The molecule has 0 aromatic heterocycles. The fourth-order valence-corrected chi connectivity index (χ4v) is 6.01. The van der Waals surface area contributed by atoms with E-state index in [4.69, 9.17) is 11.6 Å². The van der Waals surface area contributed by atoms with Gasteiger partial charge in [-0.3, -0.25) is 9.52 Å². The predicted molar refractivity (Wildman–Crippen MR) is 110 cm³/mol. The van der Waals surface area contributed by atoms with Crippen LogP contribution in [0.4, 0.5) is 11.4 Å². The van der Waals surface area contributed by atoms with E-state index in [1.807, 2.05) is 0 Å². The number of esters is 1. The SMILES string of the molecule is COC(=O)c1ccc(Cl)c(NS(=O)(=O)c2ccc(N3C(=O)C(C)CS3(=O)=O)cc2)c1. The molecule has 1 atom stereocenters. The number of rotatable bonds is 5. The molecule has 1 aliphatic rings. The average Bonchev–Trinajstić information content (AvgIpc) is 2.89. The second-order valence-electron chi connectivity index (χ2n) is 6.57. The molecule has 3 rings (SSSR count). The molecular weight excluding hydrogens is 456 g/mol. The van der Waals surface area contributed by atoms with Gasteiger partial charge in [-0.1, -0.05) is 18.5 Å². The third-order valence-electron chi connectivity index (χ3n) is 4.37. The molecule has 0 radical (unpaired) electrons. The minimum Gasteiger partial charge on any atom is -0.465 e. The van der Waals surface area contributed by atoms with Gasteiger partial charge in [0.25, 0.3) is 10.0 Å². The molecular formula is C18H17ClN2O7S2. The van der Waals surface area contributed by atoms with Crippen LogP contribution >= 0.6 is 11.6 Å². The molecule has 2 aromatic carbocycles. The van der Waals surface area contributed by atoms with Crippen molar-refractivity contribution in [3.8, 4) is 0 Å². The van der Waals surface area contributed by atoms with Crippen molar-refractivity contribution in [1.82, 2.24) is 0 Å². The van der Waals surface area contributed by atoms with Crippen LogP contribution in [-0.4, -0.2) is 41.6 Å². The summed E-state index contributed by atoms with van der Waals surface area (Å²) in [6.45, 7) is 1.51. The van der Waals surface area contributed by atoms with Crippen molar-refractivity contribution in [3.63, 3.8) is 0 Å². The van der Waals surface area contributed by atoms with E-state index in [1.165, 1.54) is 56.5 Å². The van der Waals surface area contributed by atoms with E-state index in [9.17, 15) is 26.4 Å². The minimum atomic E-state index is -4.12. The van der Waals surface area contributed by atoms with E-state index in [2.05, 4.69) is 9.46 Å². The number of amides is 1. The van der Waals surface area contributed by atoms with E-state index in [0.29, 0.717) is 4.31 Å². The molecule has 1 heterocycles. The third-order valence-corrected chi connectivity index (χ3v) is 7.95. The minimum absolute atomic E-state index is 0.0326. The monoisotopic (exact) mass is 472 g/mol. The van der Waals surface area contributed by atoms with Crippen LogP contribution in [0.5, 0.6) is 0 Å². The van der Waals surface area contributed by atoms with E-state index < -0.39 is 37.8 Å². The Balaban J connectivity index is 1.90. The highest BCUT2D eigenvalue weighted by Crippen LogP contribution is 2.30. The molecule has 0 saturated carbocycles. The maximum absolute atomic E-state index is 12.7. The lowest BCUT2D eigenvalue weighted by Crippen LogP contribution is -2.30. The maximum atomic E-state index is 12.7. The number of methoxy groups -OCH3 is 1. The van der Waals surface area contributed by atoms with Crippen molar-refractivity contribution in [3.05, 3.63) is 53.1 Å². The second-order valence-corrected chi connectivity index (χ2v) is 10.5. The van der Waals surface area contributed by atoms with Crippen molar-refractivity contribution in [2.75, 3.05) is 21.9 Å². The molecule has 1 amide bonds. The lowest BCUT2D eigenvalue weighted by Gasteiger charge is -2.16. The summed E-state index contributed by atoms with van der Waals surface area (Å²) in [5, 5.41) is 0.0607. The zero-order valence-electron chi connectivity index (χ0n) is 15.8. The van der Waals surface area contributed by atoms with E-state index in [0.717, 1.165) is 0 Å². The highest BCUT2D eigenvalue weighted by molar-refractivity contribution is 7.94. The first-order valence-corrected chi connectivity index (χ1v) is 12.0. The number of halogens is 1. The van der Waals surface area contributed by atoms with Crippen LogP contribution in [0.2, 0.25) is 5.02 Å². The van der Waals surface area contributed by atoms with Gasteiger partial charge in [0.2, 0.25) is 15.9 Å². The van der Waals surface area contributed by atoms with Gasteiger partial charge in [-0.05, 0) is 42.5 Å². The molecule has 2 aromatic rings. The molecule has 30 heavy (non-hydrogen) atoms. The number of nitrogens with zero attached hydrogens (tertiary/aromatic N) is 1. The van der Waals surface area contributed by atoms with Gasteiger partial charge >= 0.3 is 5.97 Å². The summed E-state index contributed by atoms with van der Waals surface area (Å²) in [6.07, 6.45) is 0. The molecule has 9 nitrogen and oxygen atoms in total. The molecule has 12 heteroatoms. The Kier molecular flexibility index (Phi) is 5.81. The van der Waals surface area contributed by atoms with Gasteiger partial charge in [-0.2, -0.15) is 0 Å². The van der Waals surface area contributed by atoms with Crippen LogP contribution in [0.15, 0.2) is 47.4 Å². The Hall–Kier alpha value is -2.63. The standard InChI is InChI=1S/C18H17ClN2O7S2/c1-11-10-29(24,25)21(17(11)22)13-4-6-14(7-5-13)30(26,27)20-16-9-12(18(23)28-2)3-8-15(16)19/h3-9,11,20H,10H2,1-2H3. The summed E-state index contributed by atoms with van der Waals surface area (Å²) in [7, 11) is -6.73. The largest absolute Gasteiger partial charge is 0.465 e. The van der Waals surface area contributed by atoms with Crippen molar-refractivity contribution in [2.24, 2.45) is 5.92 Å². The molecule has 1 unspecified atom stereocenters. The van der Waals surface area contributed by atoms with Gasteiger partial charge in [0.05, 0.1) is 45.6 Å². The fraction of sp³-hybridized carbons (Fsp3) is 0.222. The molecule has 0 spiro atoms. The molecule has 160 valence electrons. The Morgan fingerprint density at radius 3 is 2.37 bits per heavy atom. The Morgan fingerprint density at radius 2 is 1.83 bits per heavy atom. The lowest BCUT2D eigenvalue weighted by molar-refractivity contribution is -0.119. The number of carbonyl (C=O) groups excluding carboxylic acids is 2. The number of hydrogen-bond donors (Lipinski definition) is 1. The fourth-order valence-electron chi connectivity index (χ4n) is 2.90. The predicted octanol–water partition coefficient (Wildman–Crippen LogP) is 2.24. The van der Waals surface area contributed by atoms with Crippen LogP contribution in [0, 0.1) is 5.92 Å². The van der Waals surface area contributed by atoms with Crippen molar-refractivity contribution in [2.45, 2.75) is 11.8 Å². The Morgan fingerprint density at radius 1 is 1.20 bits per heavy atom. The van der Waals surface area contributed by atoms with Gasteiger partial charge < -0.3 is 4.74 Å². The Labute approximate surface area is 178 Å². The van der Waals surface area contributed by atoms with Crippen LogP contribution < -0.4 is 9.03 Å². The van der Waals surface area contributed by atoms with Gasteiger partial charge in [-0.25, -0.2) is 25.9 Å². The van der Waals surface area contributed by atoms with Gasteiger partial charge in [0, 0.05) is 0 Å². The second kappa shape index (κ2) is 7.89. The maximum Gasteiger partial charge on any atom is 0.337 e. The summed E-state index contributed by atoms with van der Waals surface area (Å²) >= 11 is 6.02. The van der Waals surface area contributed by atoms with Gasteiger partial charge in [0.1, 0.15) is 0 Å². The molecule has 1 saturated heterocycles. The molecule has 1 fully saturated rings. The van der Waals surface area contributed by atoms with Gasteiger partial charge in [-0.15, -0.1) is 0 Å². The first-order chi connectivity index (χ1) is 14.0. The lowest BCUT2D eigenvalue weighted by atomic mass is 10.2.